The fourth-order valence-electron chi connectivity index (χ4n) is 3.26. The van der Waals surface area contributed by atoms with Crippen LogP contribution >= 0.6 is 0 Å². The molecule has 4 unspecified atom stereocenters. The molecule has 0 aromatic heterocycles. The number of carbonyl (C=O) groups is 6. The van der Waals surface area contributed by atoms with Crippen LogP contribution in [-0.2, 0) is 28.8 Å². The third-order valence-corrected chi connectivity index (χ3v) is 5.25. The molecule has 0 saturated carbocycles. The molecule has 0 spiro atoms. The Hall–Kier alpha value is -3.26. The van der Waals surface area contributed by atoms with E-state index in [1.54, 1.807) is 0 Å². The van der Waals surface area contributed by atoms with E-state index in [1.807, 2.05) is 13.8 Å². The third kappa shape index (κ3) is 14.2. The summed E-state index contributed by atoms with van der Waals surface area (Å²) in [4.78, 5) is 71.9. The molecule has 12 N–H and O–H groups in total. The van der Waals surface area contributed by atoms with Crippen molar-refractivity contribution in [1.82, 2.24) is 16.0 Å². The Morgan fingerprint density at radius 1 is 0.722 bits per heavy atom. The van der Waals surface area contributed by atoms with Gasteiger partial charge in [-0.15, -0.1) is 0 Å². The summed E-state index contributed by atoms with van der Waals surface area (Å²) in [6.07, 6.45) is 0.923. The summed E-state index contributed by atoms with van der Waals surface area (Å²) in [7, 11) is 0. The number of hydrogen-bond acceptors (Lipinski definition) is 8. The smallest absolute Gasteiger partial charge is 0.326 e. The molecule has 0 aromatic carbocycles. The molecule has 0 aromatic rings. The molecule has 0 bridgehead atoms. The summed E-state index contributed by atoms with van der Waals surface area (Å²) in [5.41, 5.74) is 21.5. The van der Waals surface area contributed by atoms with E-state index < -0.39 is 59.7 Å². The van der Waals surface area contributed by atoms with Gasteiger partial charge in [0.2, 0.25) is 29.5 Å². The van der Waals surface area contributed by atoms with Gasteiger partial charge in [0.1, 0.15) is 18.1 Å². The number of hydrogen-bond donors (Lipinski definition) is 8. The Morgan fingerprint density at radius 2 is 1.22 bits per heavy atom. The first-order valence-electron chi connectivity index (χ1n) is 11.9. The van der Waals surface area contributed by atoms with Crippen LogP contribution in [0.15, 0.2) is 0 Å². The number of amides is 5. The van der Waals surface area contributed by atoms with Gasteiger partial charge in [-0.05, 0) is 51.0 Å². The van der Waals surface area contributed by atoms with Gasteiger partial charge in [-0.2, -0.15) is 0 Å². The second-order valence-electron chi connectivity index (χ2n) is 9.05. The largest absolute Gasteiger partial charge is 0.480 e. The maximum Gasteiger partial charge on any atom is 0.326 e. The van der Waals surface area contributed by atoms with Gasteiger partial charge in [0.05, 0.1) is 6.04 Å². The van der Waals surface area contributed by atoms with E-state index in [2.05, 4.69) is 16.0 Å². The maximum absolute atomic E-state index is 13.1. The minimum atomic E-state index is -1.38. The molecule has 0 aliphatic rings. The second-order valence-corrected chi connectivity index (χ2v) is 9.05. The summed E-state index contributed by atoms with van der Waals surface area (Å²) < 4.78 is 0. The minimum Gasteiger partial charge on any atom is -0.480 e. The van der Waals surface area contributed by atoms with Crippen LogP contribution in [-0.4, -0.2) is 71.3 Å². The number of aliphatic carboxylic acids is 1. The minimum absolute atomic E-state index is 0.00142. The Bertz CT molecular complexity index is 776. The lowest BCUT2D eigenvalue weighted by Crippen LogP contribution is -2.57. The molecule has 0 aliphatic heterocycles. The van der Waals surface area contributed by atoms with E-state index in [0.717, 1.165) is 0 Å². The van der Waals surface area contributed by atoms with Crippen molar-refractivity contribution in [2.75, 3.05) is 6.54 Å². The van der Waals surface area contributed by atoms with E-state index in [0.29, 0.717) is 19.4 Å². The van der Waals surface area contributed by atoms with Crippen molar-refractivity contribution < 1.29 is 33.9 Å². The fourth-order valence-corrected chi connectivity index (χ4v) is 3.26. The zero-order valence-corrected chi connectivity index (χ0v) is 21.0. The lowest BCUT2D eigenvalue weighted by atomic mass is 10.0. The van der Waals surface area contributed by atoms with Gasteiger partial charge in [0.15, 0.2) is 0 Å². The van der Waals surface area contributed by atoms with Crippen molar-refractivity contribution in [2.45, 2.75) is 89.4 Å². The number of carbonyl (C=O) groups excluding carboxylic acids is 5. The fraction of sp³-hybridized carbons (Fsp3) is 0.727. The van der Waals surface area contributed by atoms with Crippen LogP contribution in [0.2, 0.25) is 0 Å². The Kier molecular flexibility index (Phi) is 15.7. The van der Waals surface area contributed by atoms with E-state index in [-0.39, 0.29) is 44.4 Å². The highest BCUT2D eigenvalue weighted by atomic mass is 16.4. The van der Waals surface area contributed by atoms with Crippen molar-refractivity contribution in [3.63, 3.8) is 0 Å². The summed E-state index contributed by atoms with van der Waals surface area (Å²) in [5, 5.41) is 16.8. The predicted molar refractivity (Wildman–Crippen MR) is 131 cm³/mol. The molecular formula is C22H41N7O7. The molecular weight excluding hydrogens is 474 g/mol. The van der Waals surface area contributed by atoms with Crippen LogP contribution in [0.1, 0.15) is 65.2 Å². The molecule has 14 nitrogen and oxygen atoms in total. The van der Waals surface area contributed by atoms with Crippen LogP contribution in [0.4, 0.5) is 0 Å². The first-order chi connectivity index (χ1) is 16.8. The Labute approximate surface area is 210 Å². The first kappa shape index (κ1) is 32.7. The molecule has 0 fully saturated rings. The normalized spacial score (nSPS) is 14.2. The Balaban J connectivity index is 5.50. The van der Waals surface area contributed by atoms with Crippen molar-refractivity contribution in [3.05, 3.63) is 0 Å². The summed E-state index contributed by atoms with van der Waals surface area (Å²) in [6.45, 7) is 4.00. The molecule has 0 saturated heterocycles. The average molecular weight is 516 g/mol. The number of nitrogens with one attached hydrogen (secondary N) is 3. The van der Waals surface area contributed by atoms with E-state index in [9.17, 15) is 33.9 Å². The highest BCUT2D eigenvalue weighted by Gasteiger charge is 2.30. The van der Waals surface area contributed by atoms with Crippen molar-refractivity contribution in [1.29, 1.82) is 0 Å². The number of carboxylic acid groups (broad SMARTS) is 1. The molecule has 0 rings (SSSR count). The molecule has 0 aliphatic carbocycles. The van der Waals surface area contributed by atoms with E-state index in [1.165, 1.54) is 0 Å². The summed E-state index contributed by atoms with van der Waals surface area (Å²) >= 11 is 0. The topological polar surface area (TPSA) is 263 Å². The van der Waals surface area contributed by atoms with Gasteiger partial charge >= 0.3 is 5.97 Å². The third-order valence-electron chi connectivity index (χ3n) is 5.25. The highest BCUT2D eigenvalue weighted by Crippen LogP contribution is 2.09. The number of carboxylic acids is 1. The van der Waals surface area contributed by atoms with Gasteiger partial charge in [0.25, 0.3) is 0 Å². The number of unbranched alkanes of at least 4 members (excludes halogenated alkanes) is 1. The van der Waals surface area contributed by atoms with Crippen molar-refractivity contribution in [3.8, 4) is 0 Å². The lowest BCUT2D eigenvalue weighted by molar-refractivity contribution is -0.142. The van der Waals surface area contributed by atoms with Gasteiger partial charge in [-0.25, -0.2) is 4.79 Å². The predicted octanol–water partition coefficient (Wildman–Crippen LogP) is -2.44. The highest BCUT2D eigenvalue weighted by molar-refractivity contribution is 5.94. The molecule has 0 heterocycles. The second kappa shape index (κ2) is 17.2. The monoisotopic (exact) mass is 515 g/mol. The van der Waals surface area contributed by atoms with E-state index >= 15 is 0 Å². The number of rotatable bonds is 19. The lowest BCUT2D eigenvalue weighted by Gasteiger charge is -2.26. The number of nitrogens with two attached hydrogens (primary N) is 4. The van der Waals surface area contributed by atoms with E-state index in [4.69, 9.17) is 22.9 Å². The average Bonchev–Trinajstić information content (AvgIpc) is 2.77. The van der Waals surface area contributed by atoms with Gasteiger partial charge in [0, 0.05) is 12.8 Å². The molecule has 5 amide bonds. The van der Waals surface area contributed by atoms with Gasteiger partial charge < -0.3 is 44.0 Å². The Morgan fingerprint density at radius 3 is 1.72 bits per heavy atom. The zero-order chi connectivity index (χ0) is 27.8. The summed E-state index contributed by atoms with van der Waals surface area (Å²) in [5.74, 6) is -4.81. The quantitative estimate of drug-likeness (QED) is 0.0848. The van der Waals surface area contributed by atoms with Crippen molar-refractivity contribution in [2.24, 2.45) is 28.9 Å². The van der Waals surface area contributed by atoms with Crippen LogP contribution in [0.5, 0.6) is 0 Å². The van der Waals surface area contributed by atoms with Crippen LogP contribution in [0.25, 0.3) is 0 Å². The molecule has 14 heteroatoms. The summed E-state index contributed by atoms with van der Waals surface area (Å²) in [6, 6.07) is -4.60. The van der Waals surface area contributed by atoms with Crippen LogP contribution in [0, 0.1) is 5.92 Å². The molecule has 36 heavy (non-hydrogen) atoms. The standard InChI is InChI=1S/C22H41N7O7/c1-12(2)11-16(21(34)28-15(22(35)36)7-9-18(26)31)29-20(33)14(5-3-4-10-23)27-19(32)13(24)6-8-17(25)30/h12-16H,3-11,23-24H2,1-2H3,(H2,25,30)(H2,26,31)(H,27,32)(H,28,34)(H,29,33)(H,35,36). The number of primary amides is 2. The van der Waals surface area contributed by atoms with Crippen LogP contribution < -0.4 is 38.9 Å². The van der Waals surface area contributed by atoms with Gasteiger partial charge in [-0.3, -0.25) is 24.0 Å². The zero-order valence-electron chi connectivity index (χ0n) is 21.0. The van der Waals surface area contributed by atoms with Gasteiger partial charge in [-0.1, -0.05) is 13.8 Å². The maximum atomic E-state index is 13.1. The van der Waals surface area contributed by atoms with Crippen molar-refractivity contribution >= 4 is 35.5 Å². The molecule has 0 radical (unpaired) electrons. The molecule has 206 valence electrons. The SMILES string of the molecule is CC(C)CC(NC(=O)C(CCCCN)NC(=O)C(N)CCC(N)=O)C(=O)NC(CCC(N)=O)C(=O)O. The van der Waals surface area contributed by atoms with Crippen LogP contribution in [0.3, 0.4) is 0 Å². The first-order valence-corrected chi connectivity index (χ1v) is 11.9. The molecule has 4 atom stereocenters.